The standard InChI is InChI=1S/C14H16BrN3O/c1-2-19-14-5-12(15)4-3-10(14)8-18-9-11-6-16-7-13(11)17-18/h3-5,9,16H,2,6-8H2,1H3. The first kappa shape index (κ1) is 12.7. The van der Waals surface area contributed by atoms with E-state index < -0.39 is 0 Å². The maximum atomic E-state index is 5.68. The maximum Gasteiger partial charge on any atom is 0.125 e. The van der Waals surface area contributed by atoms with Crippen LogP contribution < -0.4 is 10.1 Å². The van der Waals surface area contributed by atoms with Gasteiger partial charge in [0.25, 0.3) is 0 Å². The molecule has 0 fully saturated rings. The molecule has 2 heterocycles. The van der Waals surface area contributed by atoms with E-state index in [0.717, 1.165) is 41.1 Å². The van der Waals surface area contributed by atoms with Crippen molar-refractivity contribution in [2.75, 3.05) is 6.61 Å². The summed E-state index contributed by atoms with van der Waals surface area (Å²) in [5.74, 6) is 0.922. The maximum absolute atomic E-state index is 5.68. The molecule has 1 aromatic heterocycles. The highest BCUT2D eigenvalue weighted by atomic mass is 79.9. The number of benzene rings is 1. The predicted octanol–water partition coefficient (Wildman–Crippen LogP) is 2.70. The van der Waals surface area contributed by atoms with Crippen LogP contribution in [0.3, 0.4) is 0 Å². The molecule has 0 bridgehead atoms. The van der Waals surface area contributed by atoms with Crippen LogP contribution >= 0.6 is 15.9 Å². The minimum absolute atomic E-state index is 0.670. The molecule has 0 radical (unpaired) electrons. The van der Waals surface area contributed by atoms with Crippen molar-refractivity contribution in [3.8, 4) is 5.75 Å². The lowest BCUT2D eigenvalue weighted by molar-refractivity contribution is 0.335. The predicted molar refractivity (Wildman–Crippen MR) is 77.2 cm³/mol. The number of fused-ring (bicyclic) bond motifs is 1. The molecule has 1 aliphatic rings. The number of hydrogen-bond donors (Lipinski definition) is 1. The summed E-state index contributed by atoms with van der Waals surface area (Å²) in [6.45, 7) is 5.21. The molecule has 3 rings (SSSR count). The van der Waals surface area contributed by atoms with Gasteiger partial charge in [-0.15, -0.1) is 0 Å². The molecule has 0 aliphatic carbocycles. The zero-order chi connectivity index (χ0) is 13.2. The molecule has 19 heavy (non-hydrogen) atoms. The normalized spacial score (nSPS) is 13.6. The minimum Gasteiger partial charge on any atom is -0.493 e. The molecule has 4 nitrogen and oxygen atoms in total. The Morgan fingerprint density at radius 2 is 2.32 bits per heavy atom. The number of nitrogens with zero attached hydrogens (tertiary/aromatic N) is 2. The molecule has 0 spiro atoms. The summed E-state index contributed by atoms with van der Waals surface area (Å²) in [6, 6.07) is 6.13. The quantitative estimate of drug-likeness (QED) is 0.941. The van der Waals surface area contributed by atoms with Gasteiger partial charge in [0.1, 0.15) is 5.75 Å². The number of hydrogen-bond acceptors (Lipinski definition) is 3. The summed E-state index contributed by atoms with van der Waals surface area (Å²) >= 11 is 3.48. The molecule has 2 aromatic rings. The van der Waals surface area contributed by atoms with Gasteiger partial charge in [-0.2, -0.15) is 5.10 Å². The van der Waals surface area contributed by atoms with Crippen LogP contribution in [-0.2, 0) is 19.6 Å². The Kier molecular flexibility index (Phi) is 3.57. The Morgan fingerprint density at radius 1 is 1.42 bits per heavy atom. The van der Waals surface area contributed by atoms with Crippen molar-refractivity contribution < 1.29 is 4.74 Å². The lowest BCUT2D eigenvalue weighted by Crippen LogP contribution is -2.08. The number of aromatic nitrogens is 2. The first-order valence-electron chi connectivity index (χ1n) is 6.43. The van der Waals surface area contributed by atoms with E-state index >= 15 is 0 Å². The van der Waals surface area contributed by atoms with Crippen LogP contribution in [0.5, 0.6) is 5.75 Å². The molecule has 100 valence electrons. The number of rotatable bonds is 4. The molecule has 0 atom stereocenters. The fourth-order valence-corrected chi connectivity index (χ4v) is 2.66. The summed E-state index contributed by atoms with van der Waals surface area (Å²) in [4.78, 5) is 0. The summed E-state index contributed by atoms with van der Waals surface area (Å²) < 4.78 is 8.72. The monoisotopic (exact) mass is 321 g/mol. The molecule has 1 aromatic carbocycles. The number of nitrogens with one attached hydrogen (secondary N) is 1. The largest absolute Gasteiger partial charge is 0.493 e. The van der Waals surface area contributed by atoms with Crippen LogP contribution in [-0.4, -0.2) is 16.4 Å². The van der Waals surface area contributed by atoms with Crippen LogP contribution in [0.25, 0.3) is 0 Å². The van der Waals surface area contributed by atoms with Crippen LogP contribution in [0.1, 0.15) is 23.7 Å². The van der Waals surface area contributed by atoms with Crippen molar-refractivity contribution in [3.05, 3.63) is 45.7 Å². The van der Waals surface area contributed by atoms with Crippen molar-refractivity contribution in [2.45, 2.75) is 26.6 Å². The van der Waals surface area contributed by atoms with Gasteiger partial charge < -0.3 is 10.1 Å². The van der Waals surface area contributed by atoms with E-state index in [-0.39, 0.29) is 0 Å². The zero-order valence-corrected chi connectivity index (χ0v) is 12.4. The molecule has 0 amide bonds. The van der Waals surface area contributed by atoms with E-state index in [1.807, 2.05) is 23.7 Å². The second-order valence-corrected chi connectivity index (χ2v) is 5.50. The first-order valence-corrected chi connectivity index (χ1v) is 7.22. The van der Waals surface area contributed by atoms with E-state index in [1.54, 1.807) is 0 Å². The molecule has 0 saturated carbocycles. The van der Waals surface area contributed by atoms with Crippen molar-refractivity contribution in [3.63, 3.8) is 0 Å². The third-order valence-corrected chi connectivity index (χ3v) is 3.69. The fraction of sp³-hybridized carbons (Fsp3) is 0.357. The van der Waals surface area contributed by atoms with E-state index in [1.165, 1.54) is 5.56 Å². The van der Waals surface area contributed by atoms with Gasteiger partial charge in [-0.1, -0.05) is 22.0 Å². The minimum atomic E-state index is 0.670. The van der Waals surface area contributed by atoms with Gasteiger partial charge in [-0.25, -0.2) is 0 Å². The Morgan fingerprint density at radius 3 is 3.11 bits per heavy atom. The van der Waals surface area contributed by atoms with Gasteiger partial charge in [0.2, 0.25) is 0 Å². The lowest BCUT2D eigenvalue weighted by Gasteiger charge is -2.11. The summed E-state index contributed by atoms with van der Waals surface area (Å²) in [6.07, 6.45) is 2.12. The molecule has 1 aliphatic heterocycles. The smallest absolute Gasteiger partial charge is 0.125 e. The highest BCUT2D eigenvalue weighted by Gasteiger charge is 2.15. The zero-order valence-electron chi connectivity index (χ0n) is 10.8. The first-order chi connectivity index (χ1) is 9.26. The van der Waals surface area contributed by atoms with E-state index in [4.69, 9.17) is 4.74 Å². The summed E-state index contributed by atoms with van der Waals surface area (Å²) in [7, 11) is 0. The van der Waals surface area contributed by atoms with Crippen LogP contribution in [0.15, 0.2) is 28.9 Å². The topological polar surface area (TPSA) is 39.1 Å². The van der Waals surface area contributed by atoms with Gasteiger partial charge in [-0.05, 0) is 19.1 Å². The van der Waals surface area contributed by atoms with Gasteiger partial charge >= 0.3 is 0 Å². The Labute approximate surface area is 120 Å². The Bertz CT molecular complexity index is 573. The van der Waals surface area contributed by atoms with E-state index in [2.05, 4.69) is 38.6 Å². The Balaban J connectivity index is 1.85. The molecular weight excluding hydrogens is 306 g/mol. The van der Waals surface area contributed by atoms with Crippen LogP contribution in [0, 0.1) is 0 Å². The van der Waals surface area contributed by atoms with Crippen molar-refractivity contribution >= 4 is 15.9 Å². The average molecular weight is 322 g/mol. The Hall–Kier alpha value is -1.33. The molecule has 5 heteroatoms. The van der Waals surface area contributed by atoms with Crippen LogP contribution in [0.2, 0.25) is 0 Å². The third kappa shape index (κ3) is 2.67. The lowest BCUT2D eigenvalue weighted by atomic mass is 10.2. The highest BCUT2D eigenvalue weighted by Crippen LogP contribution is 2.25. The fourth-order valence-electron chi connectivity index (χ4n) is 2.32. The van der Waals surface area contributed by atoms with Gasteiger partial charge in [0.15, 0.2) is 0 Å². The van der Waals surface area contributed by atoms with Crippen LogP contribution in [0.4, 0.5) is 0 Å². The molecule has 0 unspecified atom stereocenters. The number of ether oxygens (including phenoxy) is 1. The van der Waals surface area contributed by atoms with Crippen molar-refractivity contribution in [1.82, 2.24) is 15.1 Å². The van der Waals surface area contributed by atoms with Gasteiger partial charge in [0, 0.05) is 34.9 Å². The van der Waals surface area contributed by atoms with Crippen molar-refractivity contribution in [2.24, 2.45) is 0 Å². The van der Waals surface area contributed by atoms with Crippen molar-refractivity contribution in [1.29, 1.82) is 0 Å². The second kappa shape index (κ2) is 5.35. The summed E-state index contributed by atoms with van der Waals surface area (Å²) in [5, 5.41) is 7.89. The number of halogens is 1. The SMILES string of the molecule is CCOc1cc(Br)ccc1Cn1cc2c(n1)CNC2. The summed E-state index contributed by atoms with van der Waals surface area (Å²) in [5.41, 5.74) is 3.62. The van der Waals surface area contributed by atoms with E-state index in [9.17, 15) is 0 Å². The second-order valence-electron chi connectivity index (χ2n) is 4.59. The third-order valence-electron chi connectivity index (χ3n) is 3.19. The highest BCUT2D eigenvalue weighted by molar-refractivity contribution is 9.10. The molecule has 0 saturated heterocycles. The van der Waals surface area contributed by atoms with E-state index in [0.29, 0.717) is 6.61 Å². The average Bonchev–Trinajstić information content (AvgIpc) is 2.93. The molecule has 1 N–H and O–H groups in total. The van der Waals surface area contributed by atoms with Gasteiger partial charge in [0.05, 0.1) is 18.8 Å². The molecular formula is C14H16BrN3O. The van der Waals surface area contributed by atoms with Gasteiger partial charge in [-0.3, -0.25) is 4.68 Å².